The van der Waals surface area contributed by atoms with E-state index in [0.717, 1.165) is 17.0 Å². The molecule has 0 N–H and O–H groups in total. The number of alkyl halides is 1. The molecule has 0 amide bonds. The van der Waals surface area contributed by atoms with E-state index >= 15 is 0 Å². The van der Waals surface area contributed by atoms with Gasteiger partial charge in [-0.15, -0.1) is 0 Å². The van der Waals surface area contributed by atoms with Gasteiger partial charge in [0, 0.05) is 10.9 Å². The van der Waals surface area contributed by atoms with E-state index in [0.29, 0.717) is 12.0 Å². The fourth-order valence-corrected chi connectivity index (χ4v) is 3.03. The Morgan fingerprint density at radius 1 is 0.857 bits per heavy atom. The zero-order valence-electron chi connectivity index (χ0n) is 11.2. The van der Waals surface area contributed by atoms with Crippen LogP contribution in [0.25, 0.3) is 10.8 Å². The van der Waals surface area contributed by atoms with Gasteiger partial charge in [0.25, 0.3) is 0 Å². The first-order valence-corrected chi connectivity index (χ1v) is 7.62. The Bertz CT molecular complexity index is 783. The smallest absolute Gasteiger partial charge is 0.129 e. The Hall–Kier alpha value is -1.74. The first-order chi connectivity index (χ1) is 10.1. The van der Waals surface area contributed by atoms with E-state index in [1.165, 1.54) is 17.5 Å². The maximum Gasteiger partial charge on any atom is 0.129 e. The first kappa shape index (κ1) is 14.2. The lowest BCUT2D eigenvalue weighted by Crippen LogP contribution is -1.98. The van der Waals surface area contributed by atoms with E-state index in [1.54, 1.807) is 0 Å². The maximum atomic E-state index is 13.7. The third-order valence-corrected chi connectivity index (χ3v) is 4.40. The summed E-state index contributed by atoms with van der Waals surface area (Å²) in [5, 5.41) is 2.33. The fourth-order valence-electron chi connectivity index (χ4n) is 2.40. The third kappa shape index (κ3) is 3.13. The SMILES string of the molecule is Fc1ccc(CC(Br)c2ccc3ccccc3c2)c(F)c1. The Balaban J connectivity index is 1.87. The number of hydrogen-bond donors (Lipinski definition) is 0. The van der Waals surface area contributed by atoms with Crippen molar-refractivity contribution in [2.45, 2.75) is 11.2 Å². The zero-order valence-corrected chi connectivity index (χ0v) is 12.8. The number of halogens is 3. The van der Waals surface area contributed by atoms with Gasteiger partial charge in [0.05, 0.1) is 0 Å². The highest BCUT2D eigenvalue weighted by atomic mass is 79.9. The van der Waals surface area contributed by atoms with E-state index in [4.69, 9.17) is 0 Å². The van der Waals surface area contributed by atoms with Crippen molar-refractivity contribution < 1.29 is 8.78 Å². The van der Waals surface area contributed by atoms with E-state index < -0.39 is 11.6 Å². The van der Waals surface area contributed by atoms with Crippen LogP contribution in [0.2, 0.25) is 0 Å². The molecule has 21 heavy (non-hydrogen) atoms. The van der Waals surface area contributed by atoms with Gasteiger partial charge in [-0.3, -0.25) is 0 Å². The van der Waals surface area contributed by atoms with Gasteiger partial charge in [-0.05, 0) is 34.4 Å². The molecule has 3 aromatic rings. The molecule has 1 atom stereocenters. The van der Waals surface area contributed by atoms with E-state index in [2.05, 4.69) is 40.2 Å². The molecule has 106 valence electrons. The minimum Gasteiger partial charge on any atom is -0.207 e. The summed E-state index contributed by atoms with van der Waals surface area (Å²) in [6.07, 6.45) is 0.477. The van der Waals surface area contributed by atoms with Gasteiger partial charge in [-0.25, -0.2) is 8.78 Å². The lowest BCUT2D eigenvalue weighted by atomic mass is 10.0. The molecule has 0 saturated carbocycles. The molecule has 0 aliphatic heterocycles. The standard InChI is InChI=1S/C18H13BrF2/c19-17(10-15-7-8-16(20)11-18(15)21)14-6-5-12-3-1-2-4-13(12)9-14/h1-9,11,17H,10H2. The summed E-state index contributed by atoms with van der Waals surface area (Å²) in [5.41, 5.74) is 1.59. The van der Waals surface area contributed by atoms with Crippen molar-refractivity contribution in [3.8, 4) is 0 Å². The summed E-state index contributed by atoms with van der Waals surface area (Å²) >= 11 is 3.60. The van der Waals surface area contributed by atoms with Crippen LogP contribution >= 0.6 is 15.9 Å². The molecule has 0 saturated heterocycles. The molecule has 0 bridgehead atoms. The Morgan fingerprint density at radius 3 is 2.38 bits per heavy atom. The minimum atomic E-state index is -0.548. The highest BCUT2D eigenvalue weighted by Crippen LogP contribution is 2.30. The molecular formula is C18H13BrF2. The molecule has 0 spiro atoms. The predicted octanol–water partition coefficient (Wildman–Crippen LogP) is 5.80. The van der Waals surface area contributed by atoms with Gasteiger partial charge in [0.2, 0.25) is 0 Å². The predicted molar refractivity (Wildman–Crippen MR) is 85.7 cm³/mol. The number of rotatable bonds is 3. The van der Waals surface area contributed by atoms with Crippen molar-refractivity contribution in [2.75, 3.05) is 0 Å². The van der Waals surface area contributed by atoms with Gasteiger partial charge in [-0.1, -0.05) is 64.5 Å². The van der Waals surface area contributed by atoms with Crippen molar-refractivity contribution in [3.05, 3.63) is 83.4 Å². The van der Waals surface area contributed by atoms with Crippen molar-refractivity contribution >= 4 is 26.7 Å². The Morgan fingerprint density at radius 2 is 1.62 bits per heavy atom. The molecule has 0 heterocycles. The highest BCUT2D eigenvalue weighted by molar-refractivity contribution is 9.09. The zero-order chi connectivity index (χ0) is 14.8. The van der Waals surface area contributed by atoms with Gasteiger partial charge in [0.15, 0.2) is 0 Å². The van der Waals surface area contributed by atoms with Gasteiger partial charge in [0.1, 0.15) is 11.6 Å². The third-order valence-electron chi connectivity index (χ3n) is 3.55. The molecular weight excluding hydrogens is 334 g/mol. The lowest BCUT2D eigenvalue weighted by molar-refractivity contribution is 0.571. The van der Waals surface area contributed by atoms with Crippen molar-refractivity contribution in [2.24, 2.45) is 0 Å². The molecule has 0 aromatic heterocycles. The van der Waals surface area contributed by atoms with E-state index in [-0.39, 0.29) is 4.83 Å². The average Bonchev–Trinajstić information content (AvgIpc) is 2.49. The van der Waals surface area contributed by atoms with Gasteiger partial charge in [-0.2, -0.15) is 0 Å². The van der Waals surface area contributed by atoms with Crippen molar-refractivity contribution in [3.63, 3.8) is 0 Å². The van der Waals surface area contributed by atoms with Gasteiger partial charge >= 0.3 is 0 Å². The summed E-state index contributed by atoms with van der Waals surface area (Å²) in [6, 6.07) is 18.0. The maximum absolute atomic E-state index is 13.7. The normalized spacial score (nSPS) is 12.5. The lowest BCUT2D eigenvalue weighted by Gasteiger charge is -2.12. The summed E-state index contributed by atoms with van der Waals surface area (Å²) in [6.45, 7) is 0. The monoisotopic (exact) mass is 346 g/mol. The summed E-state index contributed by atoms with van der Waals surface area (Å²) < 4.78 is 26.6. The van der Waals surface area contributed by atoms with Crippen LogP contribution in [-0.2, 0) is 6.42 Å². The second-order valence-electron chi connectivity index (χ2n) is 5.01. The number of benzene rings is 3. The molecule has 0 aliphatic carbocycles. The van der Waals surface area contributed by atoms with Crippen LogP contribution in [0, 0.1) is 11.6 Å². The molecule has 3 heteroatoms. The van der Waals surface area contributed by atoms with Crippen LogP contribution < -0.4 is 0 Å². The first-order valence-electron chi connectivity index (χ1n) is 6.70. The van der Waals surface area contributed by atoms with Crippen LogP contribution in [0.15, 0.2) is 60.7 Å². The molecule has 3 rings (SSSR count). The van der Waals surface area contributed by atoms with Crippen molar-refractivity contribution in [1.82, 2.24) is 0 Å². The quantitative estimate of drug-likeness (QED) is 0.526. The van der Waals surface area contributed by atoms with Crippen LogP contribution in [0.5, 0.6) is 0 Å². The molecule has 0 fully saturated rings. The fraction of sp³-hybridized carbons (Fsp3) is 0.111. The molecule has 0 radical (unpaired) electrons. The van der Waals surface area contributed by atoms with Crippen molar-refractivity contribution in [1.29, 1.82) is 0 Å². The second-order valence-corrected chi connectivity index (χ2v) is 6.12. The van der Waals surface area contributed by atoms with Crippen LogP contribution in [0.3, 0.4) is 0 Å². The number of hydrogen-bond acceptors (Lipinski definition) is 0. The number of fused-ring (bicyclic) bond motifs is 1. The molecule has 0 nitrogen and oxygen atoms in total. The Kier molecular flexibility index (Phi) is 4.02. The van der Waals surface area contributed by atoms with Crippen LogP contribution in [0.1, 0.15) is 16.0 Å². The largest absolute Gasteiger partial charge is 0.207 e. The van der Waals surface area contributed by atoms with E-state index in [9.17, 15) is 8.78 Å². The minimum absolute atomic E-state index is 0.0120. The summed E-state index contributed by atoms with van der Waals surface area (Å²) in [7, 11) is 0. The molecule has 1 unspecified atom stereocenters. The Labute approximate surface area is 130 Å². The van der Waals surface area contributed by atoms with Crippen LogP contribution in [-0.4, -0.2) is 0 Å². The summed E-state index contributed by atoms with van der Waals surface area (Å²) in [5.74, 6) is -1.05. The summed E-state index contributed by atoms with van der Waals surface area (Å²) in [4.78, 5) is -0.0120. The topological polar surface area (TPSA) is 0 Å². The average molecular weight is 347 g/mol. The van der Waals surface area contributed by atoms with Gasteiger partial charge < -0.3 is 0 Å². The highest BCUT2D eigenvalue weighted by Gasteiger charge is 2.12. The van der Waals surface area contributed by atoms with E-state index in [1.807, 2.05) is 18.2 Å². The second kappa shape index (κ2) is 5.94. The van der Waals surface area contributed by atoms with Crippen LogP contribution in [0.4, 0.5) is 8.78 Å². The molecule has 3 aromatic carbocycles. The molecule has 0 aliphatic rings.